The second kappa shape index (κ2) is 12.0. The van der Waals surface area contributed by atoms with Gasteiger partial charge in [0.05, 0.1) is 11.7 Å². The molecule has 1 spiro atoms. The van der Waals surface area contributed by atoms with Crippen molar-refractivity contribution in [2.24, 2.45) is 5.92 Å². The third-order valence-electron chi connectivity index (χ3n) is 8.82. The number of carboxylic acid groups (broad SMARTS) is 1. The quantitative estimate of drug-likeness (QED) is 0.412. The van der Waals surface area contributed by atoms with Crippen molar-refractivity contribution in [3.63, 3.8) is 0 Å². The molecule has 2 atom stereocenters. The first-order valence-electron chi connectivity index (χ1n) is 14.4. The van der Waals surface area contributed by atoms with E-state index >= 15 is 0 Å². The maximum atomic E-state index is 13.6. The summed E-state index contributed by atoms with van der Waals surface area (Å²) >= 11 is 0. The number of aliphatic hydroxyl groups excluding tert-OH is 1. The van der Waals surface area contributed by atoms with Crippen LogP contribution in [0, 0.1) is 5.92 Å². The van der Waals surface area contributed by atoms with Crippen molar-refractivity contribution in [1.82, 2.24) is 15.1 Å². The average molecular weight is 550 g/mol. The Morgan fingerprint density at radius 3 is 2.23 bits per heavy atom. The molecule has 9 nitrogen and oxygen atoms in total. The Morgan fingerprint density at radius 2 is 1.68 bits per heavy atom. The molecule has 2 saturated heterocycles. The van der Waals surface area contributed by atoms with E-state index in [0.717, 1.165) is 44.2 Å². The summed E-state index contributed by atoms with van der Waals surface area (Å²) < 4.78 is 5.84. The minimum absolute atomic E-state index is 0.0902. The smallest absolute Gasteiger partial charge is 0.335 e. The largest absolute Gasteiger partial charge is 0.478 e. The zero-order chi connectivity index (χ0) is 28.3. The van der Waals surface area contributed by atoms with Gasteiger partial charge in [0.2, 0.25) is 11.8 Å². The van der Waals surface area contributed by atoms with E-state index in [0.29, 0.717) is 44.0 Å². The highest BCUT2D eigenvalue weighted by molar-refractivity contribution is 6.00. The fourth-order valence-electron chi connectivity index (χ4n) is 6.06. The van der Waals surface area contributed by atoms with E-state index in [2.05, 4.69) is 17.1 Å². The highest BCUT2D eigenvalue weighted by Crippen LogP contribution is 2.37. The molecule has 1 aliphatic carbocycles. The number of piperazine rings is 1. The van der Waals surface area contributed by atoms with Gasteiger partial charge in [-0.25, -0.2) is 4.79 Å². The second-order valence-electron chi connectivity index (χ2n) is 11.4. The fourth-order valence-corrected chi connectivity index (χ4v) is 6.06. The standard InChI is InChI=1S/C31H39N3O6/c1-2-3-17-34-28(36)26(27(35)22-5-4-6-22)32-30(39)31(34)15-18-33(19-16-31)20-21-7-11-24(12-8-21)40-25-13-9-23(10-14-25)29(37)38/h7-14,22,26-27,35H,2-6,15-20H2,1H3,(H,32,39)(H,37,38)/t26-,27-/m1/s1. The van der Waals surface area contributed by atoms with Gasteiger partial charge >= 0.3 is 5.97 Å². The van der Waals surface area contributed by atoms with E-state index in [1.165, 1.54) is 12.1 Å². The van der Waals surface area contributed by atoms with Crippen LogP contribution in [0.2, 0.25) is 0 Å². The Bertz CT molecular complexity index is 1200. The van der Waals surface area contributed by atoms with Gasteiger partial charge in [-0.05, 0) is 80.0 Å². The zero-order valence-electron chi connectivity index (χ0n) is 23.1. The first-order chi connectivity index (χ1) is 19.3. The van der Waals surface area contributed by atoms with Crippen LogP contribution in [-0.4, -0.2) is 75.1 Å². The molecule has 0 bridgehead atoms. The molecule has 9 heteroatoms. The molecular weight excluding hydrogens is 510 g/mol. The van der Waals surface area contributed by atoms with Crippen molar-refractivity contribution < 1.29 is 29.3 Å². The second-order valence-corrected chi connectivity index (χ2v) is 11.4. The summed E-state index contributed by atoms with van der Waals surface area (Å²) in [4.78, 5) is 42.3. The molecule has 0 unspecified atom stereocenters. The molecule has 40 heavy (non-hydrogen) atoms. The van der Waals surface area contributed by atoms with Crippen molar-refractivity contribution in [1.29, 1.82) is 0 Å². The molecule has 3 aliphatic rings. The molecule has 2 aromatic carbocycles. The Kier molecular flexibility index (Phi) is 8.42. The van der Waals surface area contributed by atoms with Gasteiger partial charge in [-0.15, -0.1) is 0 Å². The number of benzene rings is 2. The number of amides is 2. The lowest BCUT2D eigenvalue weighted by atomic mass is 9.75. The molecule has 2 aromatic rings. The van der Waals surface area contributed by atoms with Crippen molar-refractivity contribution in [3.05, 3.63) is 59.7 Å². The highest BCUT2D eigenvalue weighted by Gasteiger charge is 2.55. The number of aliphatic hydroxyl groups is 1. The number of carbonyl (C=O) groups excluding carboxylic acids is 2. The lowest BCUT2D eigenvalue weighted by Crippen LogP contribution is -2.75. The molecule has 1 saturated carbocycles. The van der Waals surface area contributed by atoms with Gasteiger partial charge < -0.3 is 25.2 Å². The summed E-state index contributed by atoms with van der Waals surface area (Å²) in [5.41, 5.74) is 0.466. The number of rotatable bonds is 10. The molecule has 0 aromatic heterocycles. The van der Waals surface area contributed by atoms with Gasteiger partial charge in [-0.2, -0.15) is 0 Å². The minimum atomic E-state index is -0.976. The van der Waals surface area contributed by atoms with Crippen molar-refractivity contribution >= 4 is 17.8 Å². The topological polar surface area (TPSA) is 119 Å². The van der Waals surface area contributed by atoms with Crippen LogP contribution in [0.4, 0.5) is 0 Å². The van der Waals surface area contributed by atoms with Crippen LogP contribution in [-0.2, 0) is 16.1 Å². The number of likely N-dealkylation sites (tertiary alicyclic amines) is 1. The van der Waals surface area contributed by atoms with Crippen molar-refractivity contribution in [3.8, 4) is 11.5 Å². The molecule has 3 fully saturated rings. The first-order valence-corrected chi connectivity index (χ1v) is 14.4. The summed E-state index contributed by atoms with van der Waals surface area (Å²) in [6, 6.07) is 13.2. The lowest BCUT2D eigenvalue weighted by molar-refractivity contribution is -0.166. The maximum Gasteiger partial charge on any atom is 0.335 e. The van der Waals surface area contributed by atoms with E-state index in [-0.39, 0.29) is 23.3 Å². The van der Waals surface area contributed by atoms with Crippen LogP contribution in [0.5, 0.6) is 11.5 Å². The number of nitrogens with one attached hydrogen (secondary N) is 1. The van der Waals surface area contributed by atoms with E-state index in [9.17, 15) is 19.5 Å². The molecule has 2 heterocycles. The Morgan fingerprint density at radius 1 is 1.05 bits per heavy atom. The van der Waals surface area contributed by atoms with Gasteiger partial charge in [0.25, 0.3) is 0 Å². The monoisotopic (exact) mass is 549 g/mol. The molecule has 2 amide bonds. The van der Waals surface area contributed by atoms with Gasteiger partial charge in [-0.1, -0.05) is 31.9 Å². The maximum absolute atomic E-state index is 13.6. The average Bonchev–Trinajstić information content (AvgIpc) is 2.92. The molecule has 0 radical (unpaired) electrons. The summed E-state index contributed by atoms with van der Waals surface area (Å²) in [6.45, 7) is 4.71. The van der Waals surface area contributed by atoms with Crippen LogP contribution in [0.3, 0.4) is 0 Å². The van der Waals surface area contributed by atoms with Crippen molar-refractivity contribution in [2.75, 3.05) is 19.6 Å². The van der Waals surface area contributed by atoms with Gasteiger partial charge in [0, 0.05) is 26.2 Å². The summed E-state index contributed by atoms with van der Waals surface area (Å²) in [6.07, 6.45) is 4.94. The Labute approximate surface area is 235 Å². The normalized spacial score (nSPS) is 22.1. The molecule has 2 aliphatic heterocycles. The fraction of sp³-hybridized carbons (Fsp3) is 0.516. The lowest BCUT2D eigenvalue weighted by Gasteiger charge is -2.53. The third kappa shape index (κ3) is 5.71. The molecule has 214 valence electrons. The predicted molar refractivity (Wildman–Crippen MR) is 149 cm³/mol. The number of hydrogen-bond acceptors (Lipinski definition) is 6. The van der Waals surface area contributed by atoms with Crippen molar-refractivity contribution in [2.45, 2.75) is 76.1 Å². The van der Waals surface area contributed by atoms with E-state index in [1.54, 1.807) is 17.0 Å². The number of carboxylic acids is 1. The highest BCUT2D eigenvalue weighted by atomic mass is 16.5. The summed E-state index contributed by atoms with van der Waals surface area (Å²) in [5.74, 6) is 0.0861. The number of hydrogen-bond donors (Lipinski definition) is 3. The molecular formula is C31H39N3O6. The van der Waals surface area contributed by atoms with E-state index in [4.69, 9.17) is 9.84 Å². The Hall–Kier alpha value is -3.43. The van der Waals surface area contributed by atoms with Gasteiger partial charge in [-0.3, -0.25) is 14.5 Å². The minimum Gasteiger partial charge on any atom is -0.478 e. The number of unbranched alkanes of at least 4 members (excludes halogenated alkanes) is 1. The number of ether oxygens (including phenoxy) is 1. The summed E-state index contributed by atoms with van der Waals surface area (Å²) in [7, 11) is 0. The van der Waals surface area contributed by atoms with Crippen LogP contribution in [0.1, 0.15) is 67.8 Å². The number of piperidine rings is 1. The number of aromatic carboxylic acids is 1. The van der Waals surface area contributed by atoms with Gasteiger partial charge in [0.1, 0.15) is 23.1 Å². The van der Waals surface area contributed by atoms with E-state index in [1.807, 2.05) is 24.3 Å². The molecule has 3 N–H and O–H groups in total. The predicted octanol–water partition coefficient (Wildman–Crippen LogP) is 3.80. The van der Waals surface area contributed by atoms with Crippen LogP contribution in [0.15, 0.2) is 48.5 Å². The van der Waals surface area contributed by atoms with Crippen LogP contribution in [0.25, 0.3) is 0 Å². The zero-order valence-corrected chi connectivity index (χ0v) is 23.1. The van der Waals surface area contributed by atoms with E-state index < -0.39 is 23.7 Å². The summed E-state index contributed by atoms with van der Waals surface area (Å²) in [5, 5.41) is 22.8. The molecule has 5 rings (SSSR count). The number of nitrogens with zero attached hydrogens (tertiary/aromatic N) is 2. The number of carbonyl (C=O) groups is 3. The Balaban J connectivity index is 1.20. The first kappa shape index (κ1) is 28.1. The third-order valence-corrected chi connectivity index (χ3v) is 8.82. The van der Waals surface area contributed by atoms with Crippen LogP contribution < -0.4 is 10.1 Å². The van der Waals surface area contributed by atoms with Gasteiger partial charge in [0.15, 0.2) is 0 Å². The van der Waals surface area contributed by atoms with Crippen LogP contribution >= 0.6 is 0 Å². The SMILES string of the molecule is CCCCN1C(=O)[C@@H]([C@H](O)C2CCC2)NC(=O)C12CCN(Cc1ccc(Oc3ccc(C(=O)O)cc3)cc1)CC2.